The summed E-state index contributed by atoms with van der Waals surface area (Å²) in [6, 6.07) is 10.8. The molecule has 1 heterocycles. The molecule has 0 bridgehead atoms. The molecule has 33 heavy (non-hydrogen) atoms. The van der Waals surface area contributed by atoms with Crippen molar-refractivity contribution >= 4 is 17.7 Å². The van der Waals surface area contributed by atoms with E-state index in [1.807, 2.05) is 19.1 Å². The van der Waals surface area contributed by atoms with Gasteiger partial charge in [-0.1, -0.05) is 32.0 Å². The first-order valence-corrected chi connectivity index (χ1v) is 11.5. The molecule has 4 rings (SSSR count). The van der Waals surface area contributed by atoms with E-state index in [-0.39, 0.29) is 35.8 Å². The van der Waals surface area contributed by atoms with Crippen LogP contribution >= 0.6 is 0 Å². The van der Waals surface area contributed by atoms with Crippen molar-refractivity contribution in [3.8, 4) is 0 Å². The second-order valence-electron chi connectivity index (χ2n) is 9.84. The highest BCUT2D eigenvalue weighted by molar-refractivity contribution is 6.01. The number of rotatable bonds is 7. The standard InChI is InChI=1S/C27H30O6/c1-26(11-8-18-10-13-32-16-18)20(17-33-25(31)19-6-4-3-5-7-19)9-12-27(2)22(24(29)30)14-21(28)15-23(26)27/h3-7,10,13-14,16,20,23H,8-9,11-12,15,17H2,1-2H3,(H,29,30)/t20-,23+,26-,27-/m1/s1. The zero-order valence-corrected chi connectivity index (χ0v) is 19.1. The van der Waals surface area contributed by atoms with Crippen molar-refractivity contribution in [2.45, 2.75) is 46.0 Å². The Balaban J connectivity index is 1.62. The van der Waals surface area contributed by atoms with Crippen LogP contribution in [0.25, 0.3) is 0 Å². The molecule has 2 aromatic rings. The minimum atomic E-state index is -1.03. The maximum Gasteiger partial charge on any atom is 0.338 e. The largest absolute Gasteiger partial charge is 0.478 e. The summed E-state index contributed by atoms with van der Waals surface area (Å²) in [7, 11) is 0. The molecule has 0 amide bonds. The Morgan fingerprint density at radius 1 is 1.18 bits per heavy atom. The number of furan rings is 1. The van der Waals surface area contributed by atoms with Crippen LogP contribution in [0.2, 0.25) is 0 Å². The highest BCUT2D eigenvalue weighted by Crippen LogP contribution is 2.61. The highest BCUT2D eigenvalue weighted by atomic mass is 16.5. The number of esters is 1. The average molecular weight is 451 g/mol. The number of aryl methyl sites for hydroxylation is 1. The first kappa shape index (κ1) is 23.0. The summed E-state index contributed by atoms with van der Waals surface area (Å²) in [4.78, 5) is 37.3. The topological polar surface area (TPSA) is 93.8 Å². The van der Waals surface area contributed by atoms with Crippen LogP contribution < -0.4 is 0 Å². The number of aliphatic carboxylic acids is 1. The third-order valence-electron chi connectivity index (χ3n) is 8.02. The molecule has 4 atom stereocenters. The lowest BCUT2D eigenvalue weighted by atomic mass is 9.46. The van der Waals surface area contributed by atoms with E-state index in [4.69, 9.17) is 9.15 Å². The second-order valence-corrected chi connectivity index (χ2v) is 9.84. The zero-order valence-electron chi connectivity index (χ0n) is 19.1. The van der Waals surface area contributed by atoms with E-state index in [0.717, 1.165) is 24.8 Å². The molecular formula is C27H30O6. The Morgan fingerprint density at radius 3 is 2.61 bits per heavy atom. The van der Waals surface area contributed by atoms with Crippen LogP contribution in [-0.2, 0) is 20.7 Å². The molecule has 2 aliphatic rings. The van der Waals surface area contributed by atoms with Gasteiger partial charge in [0.15, 0.2) is 5.78 Å². The lowest BCUT2D eigenvalue weighted by Crippen LogP contribution is -2.54. The van der Waals surface area contributed by atoms with Crippen molar-refractivity contribution in [2.75, 3.05) is 6.61 Å². The fraction of sp³-hybridized carbons (Fsp3) is 0.444. The molecule has 1 N–H and O–H groups in total. The number of carboxylic acids is 1. The number of benzene rings is 1. The Bertz CT molecular complexity index is 1050. The van der Waals surface area contributed by atoms with Gasteiger partial charge in [0.25, 0.3) is 0 Å². The van der Waals surface area contributed by atoms with E-state index in [9.17, 15) is 19.5 Å². The van der Waals surface area contributed by atoms with Gasteiger partial charge in [-0.2, -0.15) is 0 Å². The van der Waals surface area contributed by atoms with E-state index in [0.29, 0.717) is 18.4 Å². The summed E-state index contributed by atoms with van der Waals surface area (Å²) in [5.41, 5.74) is 0.760. The van der Waals surface area contributed by atoms with Gasteiger partial charge >= 0.3 is 11.9 Å². The lowest BCUT2D eigenvalue weighted by Gasteiger charge is -2.57. The second kappa shape index (κ2) is 9.00. The van der Waals surface area contributed by atoms with Gasteiger partial charge < -0.3 is 14.3 Å². The van der Waals surface area contributed by atoms with Gasteiger partial charge in [-0.05, 0) is 72.8 Å². The molecule has 1 saturated carbocycles. The maximum absolute atomic E-state index is 12.6. The van der Waals surface area contributed by atoms with Crippen LogP contribution in [0.15, 0.2) is 65.0 Å². The molecule has 1 aromatic heterocycles. The molecule has 1 aromatic carbocycles. The summed E-state index contributed by atoms with van der Waals surface area (Å²) in [6.07, 6.45) is 7.81. The van der Waals surface area contributed by atoms with Crippen molar-refractivity contribution in [2.24, 2.45) is 22.7 Å². The van der Waals surface area contributed by atoms with Gasteiger partial charge in [0.05, 0.1) is 24.7 Å². The predicted molar refractivity (Wildman–Crippen MR) is 122 cm³/mol. The van der Waals surface area contributed by atoms with E-state index in [2.05, 4.69) is 6.92 Å². The average Bonchev–Trinajstić information content (AvgIpc) is 3.32. The number of carbonyl (C=O) groups is 3. The van der Waals surface area contributed by atoms with Gasteiger partial charge in [0.2, 0.25) is 0 Å². The van der Waals surface area contributed by atoms with Crippen molar-refractivity contribution in [3.05, 3.63) is 71.7 Å². The van der Waals surface area contributed by atoms with Crippen molar-refractivity contribution in [1.82, 2.24) is 0 Å². The molecular weight excluding hydrogens is 420 g/mol. The molecule has 0 aliphatic heterocycles. The Hall–Kier alpha value is -3.15. The molecule has 0 saturated heterocycles. The van der Waals surface area contributed by atoms with Crippen LogP contribution in [0, 0.1) is 22.7 Å². The van der Waals surface area contributed by atoms with Crippen LogP contribution in [-0.4, -0.2) is 29.4 Å². The zero-order chi connectivity index (χ0) is 23.6. The summed E-state index contributed by atoms with van der Waals surface area (Å²) < 4.78 is 11.0. The van der Waals surface area contributed by atoms with Gasteiger partial charge in [0.1, 0.15) is 0 Å². The van der Waals surface area contributed by atoms with Gasteiger partial charge in [-0.15, -0.1) is 0 Å². The normalized spacial score (nSPS) is 29.2. The lowest BCUT2D eigenvalue weighted by molar-refractivity contribution is -0.141. The summed E-state index contributed by atoms with van der Waals surface area (Å²) in [6.45, 7) is 4.35. The molecule has 6 heteroatoms. The number of carbonyl (C=O) groups excluding carboxylic acids is 2. The molecule has 0 unspecified atom stereocenters. The SMILES string of the molecule is C[C@@]1(CCc2ccoc2)[C@@H](COC(=O)c2ccccc2)CC[C@]2(C)C(C(=O)O)=CC(=O)C[C@@H]12. The fourth-order valence-electron chi connectivity index (χ4n) is 6.00. The van der Waals surface area contributed by atoms with E-state index in [1.165, 1.54) is 6.08 Å². The molecule has 1 fully saturated rings. The first-order chi connectivity index (χ1) is 15.7. The minimum Gasteiger partial charge on any atom is -0.478 e. The predicted octanol–water partition coefficient (Wildman–Crippen LogP) is 5.09. The van der Waals surface area contributed by atoms with Crippen LogP contribution in [0.3, 0.4) is 0 Å². The van der Waals surface area contributed by atoms with Crippen molar-refractivity contribution < 1.29 is 28.6 Å². The maximum atomic E-state index is 12.6. The van der Waals surface area contributed by atoms with E-state index in [1.54, 1.807) is 36.8 Å². The third-order valence-corrected chi connectivity index (χ3v) is 8.02. The van der Waals surface area contributed by atoms with E-state index < -0.39 is 16.8 Å². The van der Waals surface area contributed by atoms with Gasteiger partial charge in [0, 0.05) is 17.4 Å². The Kier molecular flexibility index (Phi) is 6.28. The number of fused-ring (bicyclic) bond motifs is 1. The van der Waals surface area contributed by atoms with E-state index >= 15 is 0 Å². The smallest absolute Gasteiger partial charge is 0.338 e. The highest BCUT2D eigenvalue weighted by Gasteiger charge is 2.57. The monoisotopic (exact) mass is 450 g/mol. The Labute approximate surface area is 193 Å². The third kappa shape index (κ3) is 4.39. The van der Waals surface area contributed by atoms with Crippen molar-refractivity contribution in [1.29, 1.82) is 0 Å². The number of carboxylic acid groups (broad SMARTS) is 1. The van der Waals surface area contributed by atoms with Gasteiger partial charge in [-0.25, -0.2) is 9.59 Å². The summed E-state index contributed by atoms with van der Waals surface area (Å²) >= 11 is 0. The summed E-state index contributed by atoms with van der Waals surface area (Å²) in [5.74, 6) is -1.69. The fourth-order valence-corrected chi connectivity index (χ4v) is 6.00. The number of hydrogen-bond donors (Lipinski definition) is 1. The number of hydrogen-bond acceptors (Lipinski definition) is 5. The van der Waals surface area contributed by atoms with Gasteiger partial charge in [-0.3, -0.25) is 4.79 Å². The molecule has 0 spiro atoms. The Morgan fingerprint density at radius 2 is 1.94 bits per heavy atom. The number of allylic oxidation sites excluding steroid dienone is 1. The van der Waals surface area contributed by atoms with Crippen LogP contribution in [0.4, 0.5) is 0 Å². The van der Waals surface area contributed by atoms with Crippen molar-refractivity contribution in [3.63, 3.8) is 0 Å². The van der Waals surface area contributed by atoms with Crippen LogP contribution in [0.5, 0.6) is 0 Å². The number of ether oxygens (including phenoxy) is 1. The minimum absolute atomic E-state index is 0.0103. The quantitative estimate of drug-likeness (QED) is 0.591. The summed E-state index contributed by atoms with van der Waals surface area (Å²) in [5, 5.41) is 9.88. The molecule has 174 valence electrons. The number of ketones is 1. The molecule has 0 radical (unpaired) electrons. The first-order valence-electron chi connectivity index (χ1n) is 11.5. The molecule has 2 aliphatic carbocycles. The van der Waals surface area contributed by atoms with Crippen LogP contribution in [0.1, 0.15) is 55.5 Å². The molecule has 6 nitrogen and oxygen atoms in total.